The van der Waals surface area contributed by atoms with Gasteiger partial charge in [-0.3, -0.25) is 23.4 Å². The average Bonchev–Trinajstić information content (AvgIpc) is 3.35. The maximum absolute atomic E-state index is 12.9. The molecule has 0 amide bonds. The van der Waals surface area contributed by atoms with Crippen molar-refractivity contribution in [2.45, 2.75) is 251 Å². The number of phosphoric ester groups is 1. The molecule has 0 aliphatic heterocycles. The van der Waals surface area contributed by atoms with E-state index in [2.05, 4.69) is 75.5 Å². The average molecular weight is 1010 g/mol. The summed E-state index contributed by atoms with van der Waals surface area (Å²) in [7, 11) is -4.76. The summed E-state index contributed by atoms with van der Waals surface area (Å²) in [5.74, 6) is -1.62. The number of carbonyl (C=O) groups excluding carboxylic acids is 3. The number of carbonyl (C=O) groups is 3. The highest BCUT2D eigenvalue weighted by molar-refractivity contribution is 7.47. The predicted molar refractivity (Wildman–Crippen MR) is 288 cm³/mol. The Hall–Kier alpha value is -3.08. The van der Waals surface area contributed by atoms with Crippen LogP contribution < -0.4 is 0 Å². The molecular weight excluding hydrogens is 904 g/mol. The SMILES string of the molecule is CC/C=C\C/C=C\C/C=C\C/C=C\C/C=C\CC(=O)OCC(COP(=O)(O)OCC(CO)OC(=O)CCCCCCCCCCC)OC(=O)CCCCCCCCCCC/C=C\CCCCCCCC. The van der Waals surface area contributed by atoms with Crippen molar-refractivity contribution in [3.8, 4) is 0 Å². The molecule has 12 heteroatoms. The minimum atomic E-state index is -4.76. The van der Waals surface area contributed by atoms with Crippen LogP contribution in [0.5, 0.6) is 0 Å². The van der Waals surface area contributed by atoms with Gasteiger partial charge < -0.3 is 24.2 Å². The Morgan fingerprint density at radius 1 is 0.429 bits per heavy atom. The van der Waals surface area contributed by atoms with E-state index in [1.165, 1.54) is 116 Å². The Bertz CT molecular complexity index is 1450. The summed E-state index contributed by atoms with van der Waals surface area (Å²) < 4.78 is 39.3. The van der Waals surface area contributed by atoms with Gasteiger partial charge in [0, 0.05) is 12.8 Å². The number of hydrogen-bond donors (Lipinski definition) is 2. The minimum Gasteiger partial charge on any atom is -0.461 e. The van der Waals surface area contributed by atoms with Crippen molar-refractivity contribution >= 4 is 25.7 Å². The van der Waals surface area contributed by atoms with E-state index in [4.69, 9.17) is 23.3 Å². The third-order valence-electron chi connectivity index (χ3n) is 11.6. The van der Waals surface area contributed by atoms with E-state index in [0.29, 0.717) is 19.3 Å². The van der Waals surface area contributed by atoms with E-state index in [1.54, 1.807) is 6.08 Å². The van der Waals surface area contributed by atoms with Crippen LogP contribution in [-0.2, 0) is 42.2 Å². The largest absolute Gasteiger partial charge is 0.472 e. The second kappa shape index (κ2) is 52.2. The number of allylic oxidation sites excluding steroid dienone is 11. The van der Waals surface area contributed by atoms with Gasteiger partial charge in [-0.15, -0.1) is 0 Å². The van der Waals surface area contributed by atoms with Crippen LogP contribution >= 0.6 is 7.82 Å². The van der Waals surface area contributed by atoms with Gasteiger partial charge in [0.05, 0.1) is 26.2 Å². The first kappa shape index (κ1) is 66.9. The molecule has 0 saturated carbocycles. The van der Waals surface area contributed by atoms with Crippen LogP contribution in [0.2, 0.25) is 0 Å². The molecule has 11 nitrogen and oxygen atoms in total. The number of aliphatic hydroxyl groups is 1. The van der Waals surface area contributed by atoms with Gasteiger partial charge in [-0.2, -0.15) is 0 Å². The van der Waals surface area contributed by atoms with Gasteiger partial charge in [0.25, 0.3) is 0 Å². The van der Waals surface area contributed by atoms with Crippen molar-refractivity contribution in [3.63, 3.8) is 0 Å². The molecular formula is C58H101O11P. The van der Waals surface area contributed by atoms with Crippen LogP contribution in [-0.4, -0.2) is 66.5 Å². The Labute approximate surface area is 427 Å². The van der Waals surface area contributed by atoms with Crippen LogP contribution in [0.25, 0.3) is 0 Å². The first-order valence-corrected chi connectivity index (χ1v) is 29.3. The minimum absolute atomic E-state index is 0.00621. The molecule has 404 valence electrons. The molecule has 0 aliphatic carbocycles. The summed E-state index contributed by atoms with van der Waals surface area (Å²) in [6.07, 6.45) is 57.6. The number of ether oxygens (including phenoxy) is 3. The molecule has 3 atom stereocenters. The summed E-state index contributed by atoms with van der Waals surface area (Å²) in [6, 6.07) is 0. The summed E-state index contributed by atoms with van der Waals surface area (Å²) in [4.78, 5) is 48.3. The highest BCUT2D eigenvalue weighted by Gasteiger charge is 2.28. The highest BCUT2D eigenvalue weighted by Crippen LogP contribution is 2.43. The lowest BCUT2D eigenvalue weighted by Gasteiger charge is -2.21. The second-order valence-corrected chi connectivity index (χ2v) is 19.8. The Balaban J connectivity index is 4.81. The summed E-state index contributed by atoms with van der Waals surface area (Å²) in [6.45, 7) is 4.39. The lowest BCUT2D eigenvalue weighted by molar-refractivity contribution is -0.161. The van der Waals surface area contributed by atoms with Gasteiger partial charge in [-0.25, -0.2) is 4.57 Å². The van der Waals surface area contributed by atoms with Crippen molar-refractivity contribution in [3.05, 3.63) is 72.9 Å². The third-order valence-corrected chi connectivity index (χ3v) is 12.6. The molecule has 0 aromatic carbocycles. The zero-order chi connectivity index (χ0) is 51.3. The molecule has 3 unspecified atom stereocenters. The Morgan fingerprint density at radius 3 is 1.20 bits per heavy atom. The normalized spacial score (nSPS) is 14.0. The quantitative estimate of drug-likeness (QED) is 0.0197. The molecule has 0 heterocycles. The first-order valence-electron chi connectivity index (χ1n) is 27.8. The van der Waals surface area contributed by atoms with Gasteiger partial charge in [-0.05, 0) is 70.6 Å². The third kappa shape index (κ3) is 49.9. The van der Waals surface area contributed by atoms with E-state index < -0.39 is 57.8 Å². The number of phosphoric acid groups is 1. The number of aliphatic hydroxyl groups excluding tert-OH is 1. The van der Waals surface area contributed by atoms with Crippen LogP contribution in [0, 0.1) is 0 Å². The number of unbranched alkanes of at least 4 members (excludes halogenated alkanes) is 23. The van der Waals surface area contributed by atoms with Crippen molar-refractivity contribution < 1.29 is 52.2 Å². The van der Waals surface area contributed by atoms with E-state index in [9.17, 15) is 28.9 Å². The fraction of sp³-hybridized carbons (Fsp3) is 0.741. The molecule has 0 saturated heterocycles. The van der Waals surface area contributed by atoms with Crippen LogP contribution in [0.4, 0.5) is 0 Å². The Kier molecular flexibility index (Phi) is 50.0. The molecule has 0 bridgehead atoms. The van der Waals surface area contributed by atoms with Gasteiger partial charge >= 0.3 is 25.7 Å². The van der Waals surface area contributed by atoms with E-state index >= 15 is 0 Å². The van der Waals surface area contributed by atoms with E-state index in [1.807, 2.05) is 12.2 Å². The van der Waals surface area contributed by atoms with Gasteiger partial charge in [0.2, 0.25) is 0 Å². The molecule has 0 spiro atoms. The molecule has 0 rings (SSSR count). The second-order valence-electron chi connectivity index (χ2n) is 18.4. The zero-order valence-electron chi connectivity index (χ0n) is 44.5. The molecule has 0 aromatic heterocycles. The van der Waals surface area contributed by atoms with Crippen LogP contribution in [0.15, 0.2) is 72.9 Å². The summed E-state index contributed by atoms with van der Waals surface area (Å²) in [5.41, 5.74) is 0. The van der Waals surface area contributed by atoms with E-state index in [0.717, 1.165) is 64.2 Å². The molecule has 0 fully saturated rings. The Morgan fingerprint density at radius 2 is 0.786 bits per heavy atom. The van der Waals surface area contributed by atoms with Crippen molar-refractivity contribution in [1.29, 1.82) is 0 Å². The van der Waals surface area contributed by atoms with Crippen LogP contribution in [0.3, 0.4) is 0 Å². The highest BCUT2D eigenvalue weighted by atomic mass is 31.2. The number of esters is 3. The van der Waals surface area contributed by atoms with Crippen molar-refractivity contribution in [2.24, 2.45) is 0 Å². The predicted octanol–water partition coefficient (Wildman–Crippen LogP) is 16.1. The smallest absolute Gasteiger partial charge is 0.461 e. The molecule has 0 aliphatic rings. The maximum Gasteiger partial charge on any atom is 0.472 e. The lowest BCUT2D eigenvalue weighted by atomic mass is 10.1. The molecule has 0 aromatic rings. The summed E-state index contributed by atoms with van der Waals surface area (Å²) >= 11 is 0. The first-order chi connectivity index (χ1) is 34.2. The molecule has 0 radical (unpaired) electrons. The summed E-state index contributed by atoms with van der Waals surface area (Å²) in [5, 5.41) is 9.76. The zero-order valence-corrected chi connectivity index (χ0v) is 45.4. The molecule has 2 N–H and O–H groups in total. The van der Waals surface area contributed by atoms with Crippen molar-refractivity contribution in [1.82, 2.24) is 0 Å². The van der Waals surface area contributed by atoms with Gasteiger partial charge in [-0.1, -0.05) is 222 Å². The monoisotopic (exact) mass is 1000 g/mol. The van der Waals surface area contributed by atoms with Gasteiger partial charge in [0.1, 0.15) is 12.7 Å². The van der Waals surface area contributed by atoms with Gasteiger partial charge in [0.15, 0.2) is 6.10 Å². The lowest BCUT2D eigenvalue weighted by Crippen LogP contribution is -2.30. The number of rotatable bonds is 51. The number of hydrogen-bond acceptors (Lipinski definition) is 10. The fourth-order valence-corrected chi connectivity index (χ4v) is 8.21. The maximum atomic E-state index is 12.9. The fourth-order valence-electron chi connectivity index (χ4n) is 7.42. The van der Waals surface area contributed by atoms with Crippen molar-refractivity contribution in [2.75, 3.05) is 26.4 Å². The topological polar surface area (TPSA) is 155 Å². The van der Waals surface area contributed by atoms with E-state index in [-0.39, 0.29) is 25.9 Å². The van der Waals surface area contributed by atoms with Crippen LogP contribution in [0.1, 0.15) is 239 Å². The standard InChI is InChI=1S/C58H101O11P/c1-4-7-10-13-16-19-21-23-25-26-27-28-30-32-34-37-40-43-46-49-58(62)69-55(51-65-56(60)47-44-41-38-36-33-31-29-24-22-20-17-14-11-8-5-2)53-67-70(63,64)66-52-54(50-59)68-57(61)48-45-42-39-35-18-15-12-9-6-3/h8,11,17,20,23-25,29,33,36,41,44,54-55,59H,4-7,9-10,12-16,18-19,21-22,26-28,30-32,34-35,37-40,42-43,45-53H2,1-3H3,(H,63,64)/b11-8-,20-17-,25-23-,29-24-,36-33-,44-41-. The molecule has 70 heavy (non-hydrogen) atoms.